The van der Waals surface area contributed by atoms with Crippen LogP contribution in [0.4, 0.5) is 10.1 Å². The molecule has 0 unspecified atom stereocenters. The number of thiophene rings is 1. The van der Waals surface area contributed by atoms with Crippen molar-refractivity contribution in [2.75, 3.05) is 5.73 Å². The maximum absolute atomic E-state index is 13.4. The van der Waals surface area contributed by atoms with Crippen molar-refractivity contribution >= 4 is 33.0 Å². The Morgan fingerprint density at radius 1 is 1.47 bits per heavy atom. The quantitative estimate of drug-likeness (QED) is 0.879. The molecule has 0 radical (unpaired) electrons. The molecule has 1 aromatic heterocycles. The Balaban J connectivity index is 2.67. The predicted octanol–water partition coefficient (Wildman–Crippen LogP) is 4.72. The highest BCUT2D eigenvalue weighted by atomic mass is 79.9. The molecule has 1 aromatic carbocycles. The summed E-state index contributed by atoms with van der Waals surface area (Å²) in [4.78, 5) is 1.37. The molecular formula is C14H12BrFN2S. The van der Waals surface area contributed by atoms with Gasteiger partial charge in [-0.2, -0.15) is 5.26 Å². The molecule has 5 heteroatoms. The molecule has 0 amide bonds. The van der Waals surface area contributed by atoms with Gasteiger partial charge in [-0.25, -0.2) is 4.39 Å². The second kappa shape index (κ2) is 5.72. The van der Waals surface area contributed by atoms with Gasteiger partial charge in [0.15, 0.2) is 0 Å². The lowest BCUT2D eigenvalue weighted by Crippen LogP contribution is -1.93. The zero-order chi connectivity index (χ0) is 14.0. The van der Waals surface area contributed by atoms with Crippen LogP contribution in [-0.4, -0.2) is 0 Å². The molecule has 0 aliphatic rings. The minimum Gasteiger partial charge on any atom is -0.397 e. The maximum Gasteiger partial charge on any atom is 0.128 e. The fraction of sp³-hybridized carbons (Fsp3) is 0.214. The van der Waals surface area contributed by atoms with Crippen LogP contribution >= 0.6 is 27.3 Å². The molecule has 2 nitrogen and oxygen atoms in total. The first-order valence-electron chi connectivity index (χ1n) is 5.85. The minimum atomic E-state index is -0.300. The number of hydrogen-bond acceptors (Lipinski definition) is 3. The average Bonchev–Trinajstić information content (AvgIpc) is 2.70. The molecule has 0 saturated carbocycles. The molecule has 0 aliphatic carbocycles. The van der Waals surface area contributed by atoms with Gasteiger partial charge in [0.25, 0.3) is 0 Å². The Morgan fingerprint density at radius 2 is 2.21 bits per heavy atom. The molecule has 2 N–H and O–H groups in total. The largest absolute Gasteiger partial charge is 0.397 e. The molecule has 0 atom stereocenters. The molecule has 0 spiro atoms. The number of nitrogen functional groups attached to an aromatic ring is 1. The van der Waals surface area contributed by atoms with Crippen LogP contribution in [-0.2, 0) is 6.42 Å². The number of nitrogens with two attached hydrogens (primary N) is 1. The van der Waals surface area contributed by atoms with Gasteiger partial charge in [0.2, 0.25) is 0 Å². The molecule has 0 fully saturated rings. The first-order chi connectivity index (χ1) is 9.08. The predicted molar refractivity (Wildman–Crippen MR) is 80.5 cm³/mol. The Labute approximate surface area is 123 Å². The van der Waals surface area contributed by atoms with E-state index in [0.717, 1.165) is 33.3 Å². The summed E-state index contributed by atoms with van der Waals surface area (Å²) in [5, 5.41) is 9.09. The van der Waals surface area contributed by atoms with Crippen LogP contribution in [0.2, 0.25) is 0 Å². The van der Waals surface area contributed by atoms with Gasteiger partial charge in [-0.15, -0.1) is 11.3 Å². The van der Waals surface area contributed by atoms with Crippen molar-refractivity contribution in [1.29, 1.82) is 5.26 Å². The summed E-state index contributed by atoms with van der Waals surface area (Å²) >= 11 is 4.74. The minimum absolute atomic E-state index is 0.300. The van der Waals surface area contributed by atoms with E-state index in [9.17, 15) is 4.39 Å². The van der Waals surface area contributed by atoms with Crippen LogP contribution in [0.1, 0.15) is 23.8 Å². The van der Waals surface area contributed by atoms with Gasteiger partial charge >= 0.3 is 0 Å². The van der Waals surface area contributed by atoms with E-state index in [1.807, 2.05) is 6.92 Å². The van der Waals surface area contributed by atoms with E-state index in [-0.39, 0.29) is 5.82 Å². The van der Waals surface area contributed by atoms with Gasteiger partial charge in [-0.05, 0) is 30.2 Å². The van der Waals surface area contributed by atoms with Crippen molar-refractivity contribution in [3.63, 3.8) is 0 Å². The third kappa shape index (κ3) is 2.65. The molecule has 0 bridgehead atoms. The van der Waals surface area contributed by atoms with Gasteiger partial charge in [-0.1, -0.05) is 29.3 Å². The highest BCUT2D eigenvalue weighted by Crippen LogP contribution is 2.42. The first-order valence-corrected chi connectivity index (χ1v) is 7.46. The summed E-state index contributed by atoms with van der Waals surface area (Å²) in [6.45, 7) is 2.05. The van der Waals surface area contributed by atoms with E-state index < -0.39 is 0 Å². The molecule has 98 valence electrons. The Kier molecular flexibility index (Phi) is 4.23. The van der Waals surface area contributed by atoms with E-state index in [1.54, 1.807) is 6.07 Å². The van der Waals surface area contributed by atoms with Crippen molar-refractivity contribution in [2.24, 2.45) is 0 Å². The Morgan fingerprint density at radius 3 is 2.84 bits per heavy atom. The summed E-state index contributed by atoms with van der Waals surface area (Å²) < 4.78 is 14.2. The van der Waals surface area contributed by atoms with Crippen molar-refractivity contribution in [2.45, 2.75) is 19.8 Å². The second-order valence-electron chi connectivity index (χ2n) is 4.14. The van der Waals surface area contributed by atoms with E-state index in [2.05, 4.69) is 22.0 Å². The SMILES string of the molecule is CCCc1c(-c2cc(F)ccc2Br)sc(C#N)c1N. The van der Waals surface area contributed by atoms with Crippen molar-refractivity contribution in [1.82, 2.24) is 0 Å². The Hall–Kier alpha value is -1.38. The number of halogens is 2. The molecule has 2 rings (SSSR count). The van der Waals surface area contributed by atoms with E-state index in [4.69, 9.17) is 11.0 Å². The maximum atomic E-state index is 13.4. The molecule has 1 heterocycles. The van der Waals surface area contributed by atoms with Gasteiger partial charge in [0.1, 0.15) is 16.8 Å². The molecule has 0 saturated heterocycles. The second-order valence-corrected chi connectivity index (χ2v) is 6.01. The molecule has 0 aliphatic heterocycles. The van der Waals surface area contributed by atoms with Gasteiger partial charge in [-0.3, -0.25) is 0 Å². The third-order valence-electron chi connectivity index (χ3n) is 2.82. The lowest BCUT2D eigenvalue weighted by atomic mass is 10.0. The number of rotatable bonds is 3. The van der Waals surface area contributed by atoms with Crippen molar-refractivity contribution in [3.8, 4) is 16.5 Å². The molecule has 19 heavy (non-hydrogen) atoms. The Bertz CT molecular complexity index is 658. The molecular weight excluding hydrogens is 327 g/mol. The zero-order valence-electron chi connectivity index (χ0n) is 10.3. The van der Waals surface area contributed by atoms with Gasteiger partial charge in [0.05, 0.1) is 5.69 Å². The van der Waals surface area contributed by atoms with Crippen molar-refractivity contribution in [3.05, 3.63) is 38.9 Å². The van der Waals surface area contributed by atoms with Crippen LogP contribution in [0.3, 0.4) is 0 Å². The summed E-state index contributed by atoms with van der Waals surface area (Å²) in [5.41, 5.74) is 8.22. The van der Waals surface area contributed by atoms with Crippen LogP contribution in [0, 0.1) is 17.1 Å². The van der Waals surface area contributed by atoms with E-state index >= 15 is 0 Å². The van der Waals surface area contributed by atoms with E-state index in [0.29, 0.717) is 10.6 Å². The fourth-order valence-electron chi connectivity index (χ4n) is 1.95. The molecule has 2 aromatic rings. The van der Waals surface area contributed by atoms with Gasteiger partial charge in [0, 0.05) is 14.9 Å². The van der Waals surface area contributed by atoms with E-state index in [1.165, 1.54) is 23.5 Å². The van der Waals surface area contributed by atoms with Gasteiger partial charge < -0.3 is 5.73 Å². The highest BCUT2D eigenvalue weighted by Gasteiger charge is 2.18. The average molecular weight is 339 g/mol. The first kappa shape index (κ1) is 14.0. The summed E-state index contributed by atoms with van der Waals surface area (Å²) in [7, 11) is 0. The van der Waals surface area contributed by atoms with Crippen LogP contribution < -0.4 is 5.73 Å². The summed E-state index contributed by atoms with van der Waals surface area (Å²) in [6.07, 6.45) is 1.70. The smallest absolute Gasteiger partial charge is 0.128 e. The highest BCUT2D eigenvalue weighted by molar-refractivity contribution is 9.10. The number of anilines is 1. The number of nitrogens with zero attached hydrogens (tertiary/aromatic N) is 1. The van der Waals surface area contributed by atoms with Crippen LogP contribution in [0.25, 0.3) is 10.4 Å². The third-order valence-corrected chi connectivity index (χ3v) is 4.70. The lowest BCUT2D eigenvalue weighted by Gasteiger charge is -2.06. The number of nitriles is 1. The normalized spacial score (nSPS) is 10.4. The standard InChI is InChI=1S/C14H12BrFN2S/c1-2-3-9-13(18)12(7-17)19-14(9)10-6-8(16)4-5-11(10)15/h4-6H,2-3,18H2,1H3. The van der Waals surface area contributed by atoms with Crippen molar-refractivity contribution < 1.29 is 4.39 Å². The zero-order valence-corrected chi connectivity index (χ0v) is 12.7. The fourth-order valence-corrected chi connectivity index (χ4v) is 3.62. The van der Waals surface area contributed by atoms with Crippen LogP contribution in [0.5, 0.6) is 0 Å². The lowest BCUT2D eigenvalue weighted by molar-refractivity contribution is 0.628. The number of hydrogen-bond donors (Lipinski definition) is 1. The van der Waals surface area contributed by atoms with Crippen LogP contribution in [0.15, 0.2) is 22.7 Å². The topological polar surface area (TPSA) is 49.8 Å². The monoisotopic (exact) mass is 338 g/mol. The summed E-state index contributed by atoms with van der Waals surface area (Å²) in [5.74, 6) is -0.300. The summed E-state index contributed by atoms with van der Waals surface area (Å²) in [6, 6.07) is 6.64. The number of benzene rings is 1.